The van der Waals surface area contributed by atoms with Crippen molar-refractivity contribution in [2.24, 2.45) is 0 Å². The predicted molar refractivity (Wildman–Crippen MR) is 80.1 cm³/mol. The molecule has 0 bridgehead atoms. The minimum absolute atomic E-state index is 0.201. The molecule has 1 aromatic carbocycles. The first-order chi connectivity index (χ1) is 9.65. The van der Waals surface area contributed by atoms with Gasteiger partial charge in [-0.3, -0.25) is 5.10 Å². The van der Waals surface area contributed by atoms with Gasteiger partial charge in [0.15, 0.2) is 5.65 Å². The molecule has 0 aliphatic heterocycles. The molecule has 0 unspecified atom stereocenters. The third kappa shape index (κ3) is 2.09. The normalized spacial score (nSPS) is 10.7. The van der Waals surface area contributed by atoms with E-state index in [1.165, 1.54) is 0 Å². The summed E-state index contributed by atoms with van der Waals surface area (Å²) in [6.45, 7) is 0. The van der Waals surface area contributed by atoms with Crippen molar-refractivity contribution in [1.29, 1.82) is 0 Å². The Bertz CT molecular complexity index is 747. The van der Waals surface area contributed by atoms with Crippen LogP contribution in [0.2, 0.25) is 0 Å². The Morgan fingerprint density at radius 1 is 1.20 bits per heavy atom. The Labute approximate surface area is 115 Å². The molecule has 102 valence electrons. The second-order valence-corrected chi connectivity index (χ2v) is 4.60. The summed E-state index contributed by atoms with van der Waals surface area (Å²) < 4.78 is 0. The zero-order valence-electron chi connectivity index (χ0n) is 11.3. The highest BCUT2D eigenvalue weighted by Crippen LogP contribution is 2.29. The molecule has 0 aliphatic carbocycles. The van der Waals surface area contributed by atoms with Crippen LogP contribution in [0.25, 0.3) is 11.0 Å². The maximum Gasteiger partial charge on any atom is 0.224 e. The zero-order chi connectivity index (χ0) is 14.1. The van der Waals surface area contributed by atoms with Crippen molar-refractivity contribution >= 4 is 34.2 Å². The van der Waals surface area contributed by atoms with Gasteiger partial charge in [0.2, 0.25) is 5.95 Å². The lowest BCUT2D eigenvalue weighted by molar-refractivity contribution is 1.09. The Morgan fingerprint density at radius 2 is 2.00 bits per heavy atom. The van der Waals surface area contributed by atoms with Crippen LogP contribution in [-0.2, 0) is 0 Å². The monoisotopic (exact) mass is 269 g/mol. The van der Waals surface area contributed by atoms with E-state index < -0.39 is 0 Å². The fourth-order valence-electron chi connectivity index (χ4n) is 2.04. The van der Waals surface area contributed by atoms with Crippen LogP contribution in [0.5, 0.6) is 0 Å². The fourth-order valence-corrected chi connectivity index (χ4v) is 2.04. The molecule has 0 spiro atoms. The van der Waals surface area contributed by atoms with Gasteiger partial charge in [0, 0.05) is 14.1 Å². The zero-order valence-corrected chi connectivity index (χ0v) is 11.3. The number of rotatable bonds is 3. The van der Waals surface area contributed by atoms with E-state index in [1.54, 1.807) is 6.20 Å². The maximum absolute atomic E-state index is 5.71. The SMILES string of the molecule is CN(C)c1ccccc1Nc1nc(N)nc2[nH]ncc12. The molecule has 2 aromatic heterocycles. The van der Waals surface area contributed by atoms with Gasteiger partial charge in [0.25, 0.3) is 0 Å². The summed E-state index contributed by atoms with van der Waals surface area (Å²) >= 11 is 0. The van der Waals surface area contributed by atoms with Crippen LogP contribution >= 0.6 is 0 Å². The van der Waals surface area contributed by atoms with E-state index >= 15 is 0 Å². The number of fused-ring (bicyclic) bond motifs is 1. The first kappa shape index (κ1) is 12.2. The van der Waals surface area contributed by atoms with E-state index in [1.807, 2.05) is 43.3 Å². The van der Waals surface area contributed by atoms with Crippen LogP contribution in [-0.4, -0.2) is 34.3 Å². The Kier molecular flexibility index (Phi) is 2.86. The summed E-state index contributed by atoms with van der Waals surface area (Å²) in [5.41, 5.74) is 8.33. The summed E-state index contributed by atoms with van der Waals surface area (Å²) in [4.78, 5) is 10.4. The first-order valence-corrected chi connectivity index (χ1v) is 6.15. The van der Waals surface area contributed by atoms with Crippen molar-refractivity contribution in [1.82, 2.24) is 20.2 Å². The highest BCUT2D eigenvalue weighted by molar-refractivity contribution is 5.90. The van der Waals surface area contributed by atoms with Gasteiger partial charge in [-0.05, 0) is 12.1 Å². The highest BCUT2D eigenvalue weighted by atomic mass is 15.2. The van der Waals surface area contributed by atoms with Crippen LogP contribution in [0.3, 0.4) is 0 Å². The molecular weight excluding hydrogens is 254 g/mol. The third-order valence-electron chi connectivity index (χ3n) is 2.97. The van der Waals surface area contributed by atoms with Crippen molar-refractivity contribution in [3.05, 3.63) is 30.5 Å². The van der Waals surface area contributed by atoms with Gasteiger partial charge >= 0.3 is 0 Å². The Hall–Kier alpha value is -2.83. The second-order valence-electron chi connectivity index (χ2n) is 4.60. The number of hydrogen-bond acceptors (Lipinski definition) is 6. The molecule has 3 aromatic rings. The number of anilines is 4. The summed E-state index contributed by atoms with van der Waals surface area (Å²) in [5, 5.41) is 10.9. The van der Waals surface area contributed by atoms with E-state index in [0.29, 0.717) is 11.5 Å². The number of hydrogen-bond donors (Lipinski definition) is 3. The number of nitrogen functional groups attached to an aromatic ring is 1. The van der Waals surface area contributed by atoms with Crippen LogP contribution in [0.4, 0.5) is 23.1 Å². The fraction of sp³-hybridized carbons (Fsp3) is 0.154. The lowest BCUT2D eigenvalue weighted by Crippen LogP contribution is -2.11. The smallest absolute Gasteiger partial charge is 0.224 e. The average Bonchev–Trinajstić information content (AvgIpc) is 2.87. The Balaban J connectivity index is 2.08. The van der Waals surface area contributed by atoms with Gasteiger partial charge in [0.1, 0.15) is 5.82 Å². The van der Waals surface area contributed by atoms with Crippen LogP contribution in [0.1, 0.15) is 0 Å². The quantitative estimate of drug-likeness (QED) is 0.670. The Morgan fingerprint density at radius 3 is 2.80 bits per heavy atom. The summed E-state index contributed by atoms with van der Waals surface area (Å²) in [6.07, 6.45) is 1.68. The maximum atomic E-state index is 5.71. The topological polar surface area (TPSA) is 95.7 Å². The van der Waals surface area contributed by atoms with E-state index in [9.17, 15) is 0 Å². The minimum atomic E-state index is 0.201. The molecule has 4 N–H and O–H groups in total. The number of para-hydroxylation sites is 2. The largest absolute Gasteiger partial charge is 0.376 e. The van der Waals surface area contributed by atoms with E-state index in [4.69, 9.17) is 5.73 Å². The number of nitrogens with zero attached hydrogens (tertiary/aromatic N) is 4. The molecule has 0 saturated heterocycles. The lowest BCUT2D eigenvalue weighted by Gasteiger charge is -2.18. The predicted octanol–water partition coefficient (Wildman–Crippen LogP) is 1.74. The van der Waals surface area contributed by atoms with Gasteiger partial charge in [-0.2, -0.15) is 15.1 Å². The van der Waals surface area contributed by atoms with E-state index in [2.05, 4.69) is 25.5 Å². The minimum Gasteiger partial charge on any atom is -0.376 e. The molecule has 0 fully saturated rings. The number of nitrogens with two attached hydrogens (primary N) is 1. The first-order valence-electron chi connectivity index (χ1n) is 6.15. The van der Waals surface area contributed by atoms with Crippen LogP contribution in [0, 0.1) is 0 Å². The van der Waals surface area contributed by atoms with Crippen molar-refractivity contribution in [2.75, 3.05) is 30.0 Å². The number of benzene rings is 1. The van der Waals surface area contributed by atoms with Gasteiger partial charge in [-0.1, -0.05) is 12.1 Å². The molecule has 7 nitrogen and oxygen atoms in total. The van der Waals surface area contributed by atoms with E-state index in [0.717, 1.165) is 16.8 Å². The lowest BCUT2D eigenvalue weighted by atomic mass is 10.2. The summed E-state index contributed by atoms with van der Waals surface area (Å²) in [7, 11) is 3.98. The number of nitrogens with one attached hydrogen (secondary N) is 2. The standard InChI is InChI=1S/C13H15N7/c1-20(2)10-6-4-3-5-9(10)16-11-8-7-15-19-12(8)18-13(14)17-11/h3-7H,1-2H3,(H4,14,15,16,17,18,19). The summed E-state index contributed by atoms with van der Waals surface area (Å²) in [5.74, 6) is 0.835. The van der Waals surface area contributed by atoms with Gasteiger partial charge < -0.3 is 16.0 Å². The van der Waals surface area contributed by atoms with E-state index in [-0.39, 0.29) is 5.95 Å². The van der Waals surface area contributed by atoms with Gasteiger partial charge in [-0.25, -0.2) is 0 Å². The molecule has 20 heavy (non-hydrogen) atoms. The third-order valence-corrected chi connectivity index (χ3v) is 2.97. The molecule has 2 heterocycles. The number of aromatic amines is 1. The van der Waals surface area contributed by atoms with Gasteiger partial charge in [0.05, 0.1) is 23.0 Å². The second kappa shape index (κ2) is 4.69. The molecule has 7 heteroatoms. The van der Waals surface area contributed by atoms with Crippen molar-refractivity contribution in [3.8, 4) is 0 Å². The number of aromatic nitrogens is 4. The molecule has 0 saturated carbocycles. The molecule has 0 aliphatic rings. The van der Waals surface area contributed by atoms with Crippen molar-refractivity contribution in [3.63, 3.8) is 0 Å². The molecular formula is C13H15N7. The molecule has 0 radical (unpaired) electrons. The van der Waals surface area contributed by atoms with Crippen LogP contribution in [0.15, 0.2) is 30.5 Å². The number of H-pyrrole nitrogens is 1. The van der Waals surface area contributed by atoms with Crippen LogP contribution < -0.4 is 16.0 Å². The molecule has 0 amide bonds. The van der Waals surface area contributed by atoms with Crippen molar-refractivity contribution < 1.29 is 0 Å². The molecule has 3 rings (SSSR count). The summed E-state index contributed by atoms with van der Waals surface area (Å²) in [6, 6.07) is 7.97. The molecule has 0 atom stereocenters. The highest BCUT2D eigenvalue weighted by Gasteiger charge is 2.10. The van der Waals surface area contributed by atoms with Crippen molar-refractivity contribution in [2.45, 2.75) is 0 Å². The van der Waals surface area contributed by atoms with Gasteiger partial charge in [-0.15, -0.1) is 0 Å². The average molecular weight is 269 g/mol.